The Hall–Kier alpha value is -4.85. The molecule has 0 saturated carbocycles. The van der Waals surface area contributed by atoms with E-state index in [1.165, 1.54) is 30.1 Å². The van der Waals surface area contributed by atoms with Crippen LogP contribution >= 0.6 is 0 Å². The third-order valence-electron chi connectivity index (χ3n) is 5.98. The van der Waals surface area contributed by atoms with Crippen molar-refractivity contribution in [1.82, 2.24) is 24.7 Å². The number of pyridine rings is 1. The molecule has 0 amide bonds. The summed E-state index contributed by atoms with van der Waals surface area (Å²) in [6.07, 6.45) is -2.70. The molecule has 9 nitrogen and oxygen atoms in total. The molecule has 5 rings (SSSR count). The number of ether oxygens (including phenoxy) is 3. The fraction of sp³-hybridized carbons (Fsp3) is 0.214. The number of aryl methyl sites for hydroxylation is 1. The summed E-state index contributed by atoms with van der Waals surface area (Å²) in [5.41, 5.74) is 1.09. The summed E-state index contributed by atoms with van der Waals surface area (Å²) in [5.74, 6) is -1.83. The molecule has 0 aliphatic heterocycles. The SMILES string of the molecule is COCCOc1cc(F)c(Cn2nc(-c3nc(C)cc(Nc4ccncc4OC(F)(F)F)n3)c3ccccc32)c(F)c1. The Kier molecular flexibility index (Phi) is 8.15. The monoisotopic (exact) mass is 586 g/mol. The molecule has 3 aromatic heterocycles. The molecule has 218 valence electrons. The number of hydrogen-bond donors (Lipinski definition) is 1. The summed E-state index contributed by atoms with van der Waals surface area (Å²) in [5, 5.41) is 7.98. The molecule has 0 spiro atoms. The van der Waals surface area contributed by atoms with Gasteiger partial charge in [-0.15, -0.1) is 13.2 Å². The van der Waals surface area contributed by atoms with Gasteiger partial charge in [0.2, 0.25) is 0 Å². The summed E-state index contributed by atoms with van der Waals surface area (Å²) >= 11 is 0. The summed E-state index contributed by atoms with van der Waals surface area (Å²) in [7, 11) is 1.49. The molecule has 5 aromatic rings. The molecule has 0 aliphatic carbocycles. The van der Waals surface area contributed by atoms with Crippen LogP contribution in [0, 0.1) is 18.6 Å². The summed E-state index contributed by atoms with van der Waals surface area (Å²) < 4.78 is 84.3. The van der Waals surface area contributed by atoms with Gasteiger partial charge in [0.15, 0.2) is 11.6 Å². The van der Waals surface area contributed by atoms with Crippen LogP contribution in [0.25, 0.3) is 22.4 Å². The number of nitrogens with one attached hydrogen (secondary N) is 1. The highest BCUT2D eigenvalue weighted by molar-refractivity contribution is 5.92. The maximum Gasteiger partial charge on any atom is 0.573 e. The van der Waals surface area contributed by atoms with Crippen molar-refractivity contribution in [3.05, 3.63) is 83.8 Å². The zero-order valence-electron chi connectivity index (χ0n) is 22.2. The number of benzene rings is 2. The van der Waals surface area contributed by atoms with Gasteiger partial charge in [-0.25, -0.2) is 18.7 Å². The minimum Gasteiger partial charge on any atom is -0.491 e. The van der Waals surface area contributed by atoms with Gasteiger partial charge in [-0.3, -0.25) is 9.67 Å². The van der Waals surface area contributed by atoms with E-state index in [9.17, 15) is 22.0 Å². The largest absolute Gasteiger partial charge is 0.573 e. The van der Waals surface area contributed by atoms with E-state index < -0.39 is 23.7 Å². The second-order valence-corrected chi connectivity index (χ2v) is 8.99. The minimum atomic E-state index is -4.92. The predicted octanol–water partition coefficient (Wildman–Crippen LogP) is 6.19. The summed E-state index contributed by atoms with van der Waals surface area (Å²) in [4.78, 5) is 12.6. The second kappa shape index (κ2) is 11.9. The lowest BCUT2D eigenvalue weighted by Crippen LogP contribution is -2.18. The van der Waals surface area contributed by atoms with E-state index >= 15 is 0 Å². The number of methoxy groups -OCH3 is 1. The van der Waals surface area contributed by atoms with Gasteiger partial charge in [-0.05, 0) is 19.1 Å². The van der Waals surface area contributed by atoms with Crippen molar-refractivity contribution in [3.8, 4) is 23.0 Å². The molecule has 1 N–H and O–H groups in total. The van der Waals surface area contributed by atoms with Gasteiger partial charge in [0.1, 0.15) is 35.5 Å². The molecule has 0 atom stereocenters. The van der Waals surface area contributed by atoms with Crippen LogP contribution < -0.4 is 14.8 Å². The van der Waals surface area contributed by atoms with Gasteiger partial charge < -0.3 is 19.5 Å². The number of rotatable bonds is 10. The topological polar surface area (TPSA) is 96.2 Å². The fourth-order valence-electron chi connectivity index (χ4n) is 4.19. The first-order valence-corrected chi connectivity index (χ1v) is 12.5. The first-order chi connectivity index (χ1) is 20.1. The highest BCUT2D eigenvalue weighted by Gasteiger charge is 2.32. The number of aromatic nitrogens is 5. The van der Waals surface area contributed by atoms with E-state index in [4.69, 9.17) is 9.47 Å². The van der Waals surface area contributed by atoms with Crippen LogP contribution in [0.3, 0.4) is 0 Å². The van der Waals surface area contributed by atoms with Crippen molar-refractivity contribution < 1.29 is 36.2 Å². The Morgan fingerprint density at radius 1 is 0.976 bits per heavy atom. The van der Waals surface area contributed by atoms with Crippen molar-refractivity contribution in [1.29, 1.82) is 0 Å². The molecule has 0 bridgehead atoms. The van der Waals surface area contributed by atoms with Crippen molar-refractivity contribution in [2.24, 2.45) is 0 Å². The number of para-hydroxylation sites is 1. The molecule has 0 saturated heterocycles. The number of alkyl halides is 3. The average Bonchev–Trinajstić information content (AvgIpc) is 3.29. The standard InChI is InChI=1S/C28H23F5N6O3/c1-16-11-25(36-22-7-8-34-14-24(22)42-28(31,32)33)37-27(35-16)26-18-5-3-4-6-23(18)39(38-26)15-19-20(29)12-17(13-21(19)30)41-10-9-40-2/h3-8,11-14H,9-10,15H2,1-2H3,(H,34,35,36,37). The first-order valence-electron chi connectivity index (χ1n) is 12.5. The van der Waals surface area contributed by atoms with Gasteiger partial charge >= 0.3 is 6.36 Å². The quantitative estimate of drug-likeness (QED) is 0.153. The van der Waals surface area contributed by atoms with Gasteiger partial charge in [-0.2, -0.15) is 5.10 Å². The van der Waals surface area contributed by atoms with Crippen LogP contribution in [0.15, 0.2) is 60.9 Å². The van der Waals surface area contributed by atoms with Gasteiger partial charge in [-0.1, -0.05) is 18.2 Å². The van der Waals surface area contributed by atoms with Crippen LogP contribution in [0.5, 0.6) is 11.5 Å². The molecular formula is C28H23F5N6O3. The normalized spacial score (nSPS) is 11.6. The van der Waals surface area contributed by atoms with Crippen LogP contribution in [-0.2, 0) is 11.3 Å². The lowest BCUT2D eigenvalue weighted by Gasteiger charge is -2.14. The lowest BCUT2D eigenvalue weighted by molar-refractivity contribution is -0.274. The smallest absolute Gasteiger partial charge is 0.491 e. The third kappa shape index (κ3) is 6.54. The van der Waals surface area contributed by atoms with Crippen LogP contribution in [-0.4, -0.2) is 51.4 Å². The molecule has 14 heteroatoms. The molecule has 0 fully saturated rings. The molecule has 0 unspecified atom stereocenters. The highest BCUT2D eigenvalue weighted by Crippen LogP contribution is 2.33. The Labute approximate surface area is 235 Å². The highest BCUT2D eigenvalue weighted by atomic mass is 19.4. The number of anilines is 2. The molecule has 0 radical (unpaired) electrons. The van der Waals surface area contributed by atoms with Crippen molar-refractivity contribution in [2.75, 3.05) is 25.6 Å². The van der Waals surface area contributed by atoms with E-state index in [1.807, 2.05) is 0 Å². The molecule has 0 aliphatic rings. The summed E-state index contributed by atoms with van der Waals surface area (Å²) in [6.45, 7) is 1.82. The number of fused-ring (bicyclic) bond motifs is 1. The average molecular weight is 587 g/mol. The van der Waals surface area contributed by atoms with E-state index in [-0.39, 0.29) is 48.4 Å². The van der Waals surface area contributed by atoms with Crippen molar-refractivity contribution in [3.63, 3.8) is 0 Å². The van der Waals surface area contributed by atoms with Crippen LogP contribution in [0.1, 0.15) is 11.3 Å². The Morgan fingerprint density at radius 2 is 1.74 bits per heavy atom. The molecule has 42 heavy (non-hydrogen) atoms. The van der Waals surface area contributed by atoms with E-state index in [1.54, 1.807) is 31.2 Å². The van der Waals surface area contributed by atoms with Gasteiger partial charge in [0, 0.05) is 48.1 Å². The van der Waals surface area contributed by atoms with Crippen molar-refractivity contribution >= 4 is 22.4 Å². The Balaban J connectivity index is 1.49. The van der Waals surface area contributed by atoms with Crippen LogP contribution in [0.2, 0.25) is 0 Å². The maximum absolute atomic E-state index is 15.0. The Morgan fingerprint density at radius 3 is 2.48 bits per heavy atom. The molecule has 3 heterocycles. The number of halogens is 5. The summed E-state index contributed by atoms with van der Waals surface area (Å²) in [6, 6.07) is 12.0. The predicted molar refractivity (Wildman–Crippen MR) is 143 cm³/mol. The zero-order valence-corrected chi connectivity index (χ0v) is 22.2. The Bertz CT molecular complexity index is 1700. The van der Waals surface area contributed by atoms with E-state index in [0.29, 0.717) is 22.3 Å². The van der Waals surface area contributed by atoms with E-state index in [0.717, 1.165) is 18.3 Å². The second-order valence-electron chi connectivity index (χ2n) is 8.99. The lowest BCUT2D eigenvalue weighted by atomic mass is 10.1. The number of nitrogens with zero attached hydrogens (tertiary/aromatic N) is 5. The van der Waals surface area contributed by atoms with Gasteiger partial charge in [0.25, 0.3) is 0 Å². The van der Waals surface area contributed by atoms with Crippen molar-refractivity contribution in [2.45, 2.75) is 19.8 Å². The third-order valence-corrected chi connectivity index (χ3v) is 5.98. The zero-order chi connectivity index (χ0) is 29.9. The van der Waals surface area contributed by atoms with Crippen LogP contribution in [0.4, 0.5) is 33.5 Å². The van der Waals surface area contributed by atoms with Gasteiger partial charge in [0.05, 0.1) is 30.6 Å². The van der Waals surface area contributed by atoms with E-state index in [2.05, 4.69) is 30.1 Å². The fourth-order valence-corrected chi connectivity index (χ4v) is 4.19. The molecular weight excluding hydrogens is 563 g/mol. The first kappa shape index (κ1) is 28.7. The maximum atomic E-state index is 15.0. The number of hydrogen-bond acceptors (Lipinski definition) is 8. The molecule has 2 aromatic carbocycles. The minimum absolute atomic E-state index is 0.0256.